The van der Waals surface area contributed by atoms with Crippen LogP contribution in [0.4, 0.5) is 0 Å². The average molecular weight is 356 g/mol. The molecule has 1 heterocycles. The largest absolute Gasteiger partial charge is 0.492 e. The first kappa shape index (κ1) is 13.5. The van der Waals surface area contributed by atoms with Crippen molar-refractivity contribution in [1.82, 2.24) is 0 Å². The van der Waals surface area contributed by atoms with Crippen LogP contribution in [0.5, 0.6) is 5.75 Å². The minimum absolute atomic E-state index is 0. The number of rotatable bonds is 1. The molecule has 1 aliphatic rings. The molecule has 0 fully saturated rings. The van der Waals surface area contributed by atoms with E-state index in [1.54, 1.807) is 12.1 Å². The number of carboxylic acid groups (broad SMARTS) is 1. The second-order valence-electron chi connectivity index (χ2n) is 3.39. The van der Waals surface area contributed by atoms with Gasteiger partial charge in [0.15, 0.2) is 0 Å². The van der Waals surface area contributed by atoms with Crippen LogP contribution in [0, 0.1) is 3.57 Å². The topological polar surface area (TPSA) is 72.5 Å². The molecule has 4 nitrogen and oxygen atoms in total. The molecule has 1 aliphatic heterocycles. The van der Waals surface area contributed by atoms with Crippen molar-refractivity contribution in [1.29, 1.82) is 0 Å². The van der Waals surface area contributed by atoms with Crippen molar-refractivity contribution in [3.63, 3.8) is 0 Å². The third kappa shape index (κ3) is 2.26. The molecule has 0 bridgehead atoms. The smallest absolute Gasteiger partial charge is 0.339 e. The quantitative estimate of drug-likeness (QED) is 0.758. The molecular weight excluding hydrogens is 344 g/mol. The molecule has 3 N–H and O–H groups in total. The fourth-order valence-corrected chi connectivity index (χ4v) is 2.50. The Labute approximate surface area is 113 Å². The van der Waals surface area contributed by atoms with Crippen molar-refractivity contribution in [2.45, 2.75) is 12.5 Å². The molecule has 0 saturated heterocycles. The lowest BCUT2D eigenvalue weighted by Crippen LogP contribution is -2.23. The van der Waals surface area contributed by atoms with E-state index in [2.05, 4.69) is 22.6 Å². The first-order chi connectivity index (χ1) is 7.11. The highest BCUT2D eigenvalue weighted by atomic mass is 127. The second kappa shape index (κ2) is 5.20. The fourth-order valence-electron chi connectivity index (χ4n) is 1.68. The van der Waals surface area contributed by atoms with Crippen LogP contribution in [-0.2, 0) is 0 Å². The molecule has 0 aliphatic carbocycles. The molecule has 0 spiro atoms. The van der Waals surface area contributed by atoms with Gasteiger partial charge in [-0.1, -0.05) is 0 Å². The van der Waals surface area contributed by atoms with Gasteiger partial charge in [0.05, 0.1) is 6.61 Å². The van der Waals surface area contributed by atoms with Crippen LogP contribution in [-0.4, -0.2) is 17.7 Å². The van der Waals surface area contributed by atoms with Crippen molar-refractivity contribution in [3.8, 4) is 5.75 Å². The van der Waals surface area contributed by atoms with E-state index in [-0.39, 0.29) is 24.0 Å². The molecule has 0 saturated carbocycles. The maximum Gasteiger partial charge on any atom is 0.339 e. The van der Waals surface area contributed by atoms with Gasteiger partial charge in [-0.2, -0.15) is 0 Å². The van der Waals surface area contributed by atoms with E-state index in [0.29, 0.717) is 12.4 Å². The Bertz CT molecular complexity index is 425. The van der Waals surface area contributed by atoms with Crippen LogP contribution in [0.15, 0.2) is 12.1 Å². The third-order valence-corrected chi connectivity index (χ3v) is 3.36. The Morgan fingerprint density at radius 2 is 2.25 bits per heavy atom. The van der Waals surface area contributed by atoms with Gasteiger partial charge in [0, 0.05) is 21.6 Å². The summed E-state index contributed by atoms with van der Waals surface area (Å²) in [4.78, 5) is 11.0. The number of hydrogen-bond acceptors (Lipinski definition) is 3. The van der Waals surface area contributed by atoms with E-state index >= 15 is 0 Å². The Kier molecular flexibility index (Phi) is 4.40. The van der Waals surface area contributed by atoms with Crippen molar-refractivity contribution < 1.29 is 14.6 Å². The number of fused-ring (bicyclic) bond motifs is 1. The van der Waals surface area contributed by atoms with Crippen molar-refractivity contribution in [2.24, 2.45) is 5.73 Å². The number of carbonyl (C=O) groups is 1. The fraction of sp³-hybridized carbons (Fsp3) is 0.300. The summed E-state index contributed by atoms with van der Waals surface area (Å²) in [5.41, 5.74) is 6.95. The summed E-state index contributed by atoms with van der Waals surface area (Å²) < 4.78 is 6.36. The molecule has 2 rings (SSSR count). The molecule has 1 atom stereocenters. The molecule has 0 aromatic heterocycles. The van der Waals surface area contributed by atoms with E-state index in [9.17, 15) is 4.79 Å². The highest BCUT2D eigenvalue weighted by molar-refractivity contribution is 14.1. The normalized spacial score (nSPS) is 18.0. The van der Waals surface area contributed by atoms with Gasteiger partial charge in [-0.3, -0.25) is 0 Å². The predicted octanol–water partition coefficient (Wildman–Crippen LogP) is 2.19. The lowest BCUT2D eigenvalue weighted by molar-refractivity contribution is 0.0690. The van der Waals surface area contributed by atoms with Gasteiger partial charge < -0.3 is 15.6 Å². The average Bonchev–Trinajstić information content (AvgIpc) is 2.17. The molecule has 6 heteroatoms. The zero-order valence-corrected chi connectivity index (χ0v) is 11.2. The number of aromatic carboxylic acids is 1. The lowest BCUT2D eigenvalue weighted by atomic mass is 9.98. The third-order valence-electron chi connectivity index (χ3n) is 2.42. The second-order valence-corrected chi connectivity index (χ2v) is 4.55. The standard InChI is InChI=1S/C10H10INO3.ClH/c11-6-2-1-5(10(13)14)9-8(6)7(12)3-4-15-9;/h1-2,7H,3-4,12H2,(H,13,14);1H/t7-;/m0./s1. The van der Waals surface area contributed by atoms with Gasteiger partial charge in [0.25, 0.3) is 0 Å². The van der Waals surface area contributed by atoms with E-state index in [1.807, 2.05) is 0 Å². The summed E-state index contributed by atoms with van der Waals surface area (Å²) in [5, 5.41) is 8.99. The number of nitrogens with two attached hydrogens (primary N) is 1. The van der Waals surface area contributed by atoms with Crippen molar-refractivity contribution in [3.05, 3.63) is 26.8 Å². The Morgan fingerprint density at radius 1 is 1.56 bits per heavy atom. The van der Waals surface area contributed by atoms with Crippen LogP contribution < -0.4 is 10.5 Å². The molecule has 0 radical (unpaired) electrons. The van der Waals surface area contributed by atoms with Crippen LogP contribution in [0.1, 0.15) is 28.4 Å². The maximum atomic E-state index is 11.0. The minimum atomic E-state index is -0.975. The van der Waals surface area contributed by atoms with Crippen molar-refractivity contribution >= 4 is 41.0 Å². The summed E-state index contributed by atoms with van der Waals surface area (Å²) in [5.74, 6) is -0.537. The summed E-state index contributed by atoms with van der Waals surface area (Å²) in [7, 11) is 0. The number of hydrogen-bond donors (Lipinski definition) is 2. The van der Waals surface area contributed by atoms with Crippen molar-refractivity contribution in [2.75, 3.05) is 6.61 Å². The number of halogens is 2. The van der Waals surface area contributed by atoms with Crippen LogP contribution >= 0.6 is 35.0 Å². The van der Waals surface area contributed by atoms with Crippen LogP contribution in [0.2, 0.25) is 0 Å². The van der Waals surface area contributed by atoms with Gasteiger partial charge in [-0.05, 0) is 34.7 Å². The molecule has 0 amide bonds. The minimum Gasteiger partial charge on any atom is -0.492 e. The highest BCUT2D eigenvalue weighted by Gasteiger charge is 2.25. The maximum absolute atomic E-state index is 11.0. The predicted molar refractivity (Wildman–Crippen MR) is 70.4 cm³/mol. The summed E-state index contributed by atoms with van der Waals surface area (Å²) in [6.07, 6.45) is 0.728. The first-order valence-electron chi connectivity index (χ1n) is 4.55. The van der Waals surface area contributed by atoms with Gasteiger partial charge in [0.1, 0.15) is 11.3 Å². The molecule has 16 heavy (non-hydrogen) atoms. The van der Waals surface area contributed by atoms with Gasteiger partial charge in [0.2, 0.25) is 0 Å². The molecule has 88 valence electrons. The van der Waals surface area contributed by atoms with Crippen LogP contribution in [0.3, 0.4) is 0 Å². The number of benzene rings is 1. The monoisotopic (exact) mass is 355 g/mol. The zero-order chi connectivity index (χ0) is 11.0. The van der Waals surface area contributed by atoms with Gasteiger partial charge >= 0.3 is 5.97 Å². The first-order valence-corrected chi connectivity index (χ1v) is 5.63. The van der Waals surface area contributed by atoms with Gasteiger partial charge in [-0.25, -0.2) is 4.79 Å². The number of carboxylic acids is 1. The Morgan fingerprint density at radius 3 is 2.88 bits per heavy atom. The van der Waals surface area contributed by atoms with Gasteiger partial charge in [-0.15, -0.1) is 12.4 Å². The molecule has 0 unspecified atom stereocenters. The van der Waals surface area contributed by atoms with E-state index in [0.717, 1.165) is 15.6 Å². The van der Waals surface area contributed by atoms with Crippen LogP contribution in [0.25, 0.3) is 0 Å². The highest BCUT2D eigenvalue weighted by Crippen LogP contribution is 2.37. The Hall–Kier alpha value is -0.530. The van der Waals surface area contributed by atoms with E-state index in [4.69, 9.17) is 15.6 Å². The molecule has 1 aromatic rings. The lowest BCUT2D eigenvalue weighted by Gasteiger charge is -2.25. The zero-order valence-electron chi connectivity index (χ0n) is 8.27. The van der Waals surface area contributed by atoms with E-state index in [1.165, 1.54) is 0 Å². The van der Waals surface area contributed by atoms with E-state index < -0.39 is 5.97 Å². The number of ether oxygens (including phenoxy) is 1. The summed E-state index contributed by atoms with van der Waals surface area (Å²) in [6.45, 7) is 0.481. The summed E-state index contributed by atoms with van der Waals surface area (Å²) >= 11 is 2.15. The summed E-state index contributed by atoms with van der Waals surface area (Å²) in [6, 6.07) is 3.19. The molecule has 1 aromatic carbocycles. The SMILES string of the molecule is Cl.N[C@H]1CCOc2c(C(=O)O)ccc(I)c21. The Balaban J connectivity index is 0.00000128. The molecular formula is C10H11ClINO3.